The van der Waals surface area contributed by atoms with Crippen molar-refractivity contribution in [1.82, 2.24) is 15.1 Å². The van der Waals surface area contributed by atoms with Gasteiger partial charge in [-0.3, -0.25) is 9.59 Å². The Labute approximate surface area is 118 Å². The van der Waals surface area contributed by atoms with Crippen LogP contribution in [0.25, 0.3) is 10.8 Å². The minimum atomic E-state index is -1.29. The minimum Gasteiger partial charge on any atom is -0.476 e. The second-order valence-corrected chi connectivity index (χ2v) is 4.10. The van der Waals surface area contributed by atoms with Gasteiger partial charge in [-0.05, 0) is 6.07 Å². The van der Waals surface area contributed by atoms with Gasteiger partial charge in [0, 0.05) is 5.39 Å². The molecule has 0 atom stereocenters. The van der Waals surface area contributed by atoms with Gasteiger partial charge in [0.2, 0.25) is 5.91 Å². The molecule has 1 amide bonds. The number of benzene rings is 1. The number of hydrogen-bond donors (Lipinski definition) is 2. The lowest BCUT2D eigenvalue weighted by Gasteiger charge is -2.08. The highest BCUT2D eigenvalue weighted by atomic mass is 16.4. The van der Waals surface area contributed by atoms with Gasteiger partial charge in [0.05, 0.1) is 11.5 Å². The molecule has 0 fully saturated rings. The molecule has 2 aromatic rings. The van der Waals surface area contributed by atoms with Crippen molar-refractivity contribution in [3.8, 4) is 6.07 Å². The lowest BCUT2D eigenvalue weighted by Crippen LogP contribution is -2.34. The van der Waals surface area contributed by atoms with Gasteiger partial charge in [-0.2, -0.15) is 10.4 Å². The molecule has 1 aromatic heterocycles. The third kappa shape index (κ3) is 2.87. The van der Waals surface area contributed by atoms with E-state index in [0.717, 1.165) is 4.68 Å². The summed E-state index contributed by atoms with van der Waals surface area (Å²) < 4.78 is 0.776. The summed E-state index contributed by atoms with van der Waals surface area (Å²) in [6, 6.07) is 7.86. The molecule has 0 radical (unpaired) electrons. The summed E-state index contributed by atoms with van der Waals surface area (Å²) in [5, 5.41) is 23.9. The van der Waals surface area contributed by atoms with E-state index < -0.39 is 24.0 Å². The van der Waals surface area contributed by atoms with Gasteiger partial charge in [-0.25, -0.2) is 9.48 Å². The number of nitrogens with zero attached hydrogens (tertiary/aromatic N) is 3. The van der Waals surface area contributed by atoms with Crippen LogP contribution in [0.1, 0.15) is 10.5 Å². The normalized spacial score (nSPS) is 10.0. The van der Waals surface area contributed by atoms with E-state index in [0.29, 0.717) is 0 Å². The average Bonchev–Trinajstić information content (AvgIpc) is 2.47. The zero-order chi connectivity index (χ0) is 15.4. The lowest BCUT2D eigenvalue weighted by molar-refractivity contribution is -0.121. The monoisotopic (exact) mass is 286 g/mol. The van der Waals surface area contributed by atoms with Crippen LogP contribution < -0.4 is 10.9 Å². The van der Waals surface area contributed by atoms with Crippen LogP contribution in [-0.2, 0) is 11.3 Å². The number of carbonyl (C=O) groups excluding carboxylic acids is 1. The first-order chi connectivity index (χ1) is 10.0. The topological polar surface area (TPSA) is 125 Å². The maximum absolute atomic E-state index is 12.2. The molecule has 0 aliphatic heterocycles. The van der Waals surface area contributed by atoms with E-state index in [2.05, 4.69) is 10.4 Å². The number of nitriles is 1. The van der Waals surface area contributed by atoms with E-state index in [9.17, 15) is 14.4 Å². The number of carboxylic acid groups (broad SMARTS) is 1. The maximum atomic E-state index is 12.2. The van der Waals surface area contributed by atoms with Gasteiger partial charge in [0.15, 0.2) is 5.69 Å². The Morgan fingerprint density at radius 2 is 2.00 bits per heavy atom. The van der Waals surface area contributed by atoms with Crippen LogP contribution in [0.2, 0.25) is 0 Å². The first kappa shape index (κ1) is 14.2. The summed E-state index contributed by atoms with van der Waals surface area (Å²) in [5.74, 6) is -1.89. The molecule has 0 aliphatic rings. The smallest absolute Gasteiger partial charge is 0.357 e. The van der Waals surface area contributed by atoms with E-state index in [-0.39, 0.29) is 23.0 Å². The summed E-state index contributed by atoms with van der Waals surface area (Å²) in [6.07, 6.45) is 0. The predicted octanol–water partition coefficient (Wildman–Crippen LogP) is -0.266. The van der Waals surface area contributed by atoms with Crippen LogP contribution >= 0.6 is 0 Å². The fourth-order valence-electron chi connectivity index (χ4n) is 1.83. The van der Waals surface area contributed by atoms with Gasteiger partial charge in [0.25, 0.3) is 5.56 Å². The second kappa shape index (κ2) is 5.83. The summed E-state index contributed by atoms with van der Waals surface area (Å²) >= 11 is 0. The summed E-state index contributed by atoms with van der Waals surface area (Å²) in [4.78, 5) is 34.9. The highest BCUT2D eigenvalue weighted by Gasteiger charge is 2.16. The maximum Gasteiger partial charge on any atom is 0.357 e. The Kier molecular flexibility index (Phi) is 3.95. The Morgan fingerprint density at radius 3 is 2.62 bits per heavy atom. The zero-order valence-corrected chi connectivity index (χ0v) is 10.7. The molecular formula is C13H10N4O4. The quantitative estimate of drug-likeness (QED) is 0.745. The van der Waals surface area contributed by atoms with Crippen LogP contribution in [0.5, 0.6) is 0 Å². The number of hydrogen-bond acceptors (Lipinski definition) is 5. The molecule has 106 valence electrons. The number of amides is 1. The molecule has 0 bridgehead atoms. The van der Waals surface area contributed by atoms with Gasteiger partial charge < -0.3 is 10.4 Å². The summed E-state index contributed by atoms with van der Waals surface area (Å²) in [5.41, 5.74) is -0.874. The van der Waals surface area contributed by atoms with Crippen molar-refractivity contribution >= 4 is 22.6 Å². The predicted molar refractivity (Wildman–Crippen MR) is 71.6 cm³/mol. The fourth-order valence-corrected chi connectivity index (χ4v) is 1.83. The van der Waals surface area contributed by atoms with Crippen molar-refractivity contribution in [1.29, 1.82) is 5.26 Å². The van der Waals surface area contributed by atoms with Gasteiger partial charge in [-0.15, -0.1) is 0 Å². The Hall–Kier alpha value is -3.21. The van der Waals surface area contributed by atoms with Crippen LogP contribution in [0.3, 0.4) is 0 Å². The Morgan fingerprint density at radius 1 is 1.33 bits per heavy atom. The first-order valence-electron chi connectivity index (χ1n) is 5.91. The average molecular weight is 286 g/mol. The van der Waals surface area contributed by atoms with Gasteiger partial charge in [0.1, 0.15) is 13.1 Å². The van der Waals surface area contributed by atoms with E-state index >= 15 is 0 Å². The van der Waals surface area contributed by atoms with E-state index in [1.54, 1.807) is 18.2 Å². The number of rotatable bonds is 4. The molecular weight excluding hydrogens is 276 g/mol. The van der Waals surface area contributed by atoms with Crippen molar-refractivity contribution in [3.05, 3.63) is 40.3 Å². The number of nitrogens with one attached hydrogen (secondary N) is 1. The number of carbonyl (C=O) groups is 2. The Balaban J connectivity index is 2.53. The van der Waals surface area contributed by atoms with Crippen molar-refractivity contribution in [2.75, 3.05) is 6.54 Å². The first-order valence-corrected chi connectivity index (χ1v) is 5.91. The lowest BCUT2D eigenvalue weighted by atomic mass is 10.1. The third-order valence-electron chi connectivity index (χ3n) is 2.73. The number of carboxylic acids is 1. The largest absolute Gasteiger partial charge is 0.476 e. The molecule has 2 N–H and O–H groups in total. The second-order valence-electron chi connectivity index (χ2n) is 4.10. The van der Waals surface area contributed by atoms with E-state index in [1.165, 1.54) is 12.1 Å². The van der Waals surface area contributed by atoms with E-state index in [4.69, 9.17) is 10.4 Å². The molecule has 0 unspecified atom stereocenters. The summed E-state index contributed by atoms with van der Waals surface area (Å²) in [6.45, 7) is -0.654. The van der Waals surface area contributed by atoms with E-state index in [1.807, 2.05) is 0 Å². The van der Waals surface area contributed by atoms with Crippen LogP contribution in [0, 0.1) is 11.3 Å². The highest BCUT2D eigenvalue weighted by Crippen LogP contribution is 2.12. The fraction of sp³-hybridized carbons (Fsp3) is 0.154. The molecule has 2 rings (SSSR count). The molecule has 1 heterocycles. The molecule has 0 saturated heterocycles. The van der Waals surface area contributed by atoms with Crippen LogP contribution in [0.4, 0.5) is 0 Å². The number of fused-ring (bicyclic) bond motifs is 1. The molecule has 8 nitrogen and oxygen atoms in total. The number of aromatic carboxylic acids is 1. The van der Waals surface area contributed by atoms with Crippen molar-refractivity contribution in [3.63, 3.8) is 0 Å². The molecule has 0 spiro atoms. The molecule has 8 heteroatoms. The molecule has 21 heavy (non-hydrogen) atoms. The Bertz CT molecular complexity index is 819. The SMILES string of the molecule is N#CCNC(=O)Cn1nc(C(=O)O)c2ccccc2c1=O. The summed E-state index contributed by atoms with van der Waals surface area (Å²) in [7, 11) is 0. The number of aromatic nitrogens is 2. The highest BCUT2D eigenvalue weighted by molar-refractivity contribution is 6.01. The van der Waals surface area contributed by atoms with Crippen molar-refractivity contribution < 1.29 is 14.7 Å². The van der Waals surface area contributed by atoms with Gasteiger partial charge in [-0.1, -0.05) is 18.2 Å². The van der Waals surface area contributed by atoms with Crippen LogP contribution in [0.15, 0.2) is 29.1 Å². The van der Waals surface area contributed by atoms with Gasteiger partial charge >= 0.3 is 5.97 Å². The van der Waals surface area contributed by atoms with Crippen molar-refractivity contribution in [2.24, 2.45) is 0 Å². The standard InChI is InChI=1S/C13H10N4O4/c14-5-6-15-10(18)7-17-12(19)9-4-2-1-3-8(9)11(16-17)13(20)21/h1-4H,6-7H2,(H,15,18)(H,20,21). The van der Waals surface area contributed by atoms with Crippen molar-refractivity contribution in [2.45, 2.75) is 6.54 Å². The third-order valence-corrected chi connectivity index (χ3v) is 2.73. The molecule has 0 aliphatic carbocycles. The minimum absolute atomic E-state index is 0.165. The molecule has 0 saturated carbocycles. The molecule has 1 aromatic carbocycles. The zero-order valence-electron chi connectivity index (χ0n) is 10.7. The van der Waals surface area contributed by atoms with Crippen LogP contribution in [-0.4, -0.2) is 33.3 Å².